The van der Waals surface area contributed by atoms with Crippen molar-refractivity contribution in [3.8, 4) is 0 Å². The van der Waals surface area contributed by atoms with Crippen LogP contribution in [0.4, 0.5) is 4.79 Å². The first kappa shape index (κ1) is 12.9. The second-order valence-corrected chi connectivity index (χ2v) is 4.73. The fourth-order valence-electron chi connectivity index (χ4n) is 1.95. The zero-order valence-electron chi connectivity index (χ0n) is 10.2. The van der Waals surface area contributed by atoms with Gasteiger partial charge in [-0.2, -0.15) is 0 Å². The van der Waals surface area contributed by atoms with Crippen molar-refractivity contribution in [1.29, 1.82) is 0 Å². The summed E-state index contributed by atoms with van der Waals surface area (Å²) >= 11 is 0. The number of carbonyl (C=O) groups is 2. The van der Waals surface area contributed by atoms with Crippen molar-refractivity contribution in [2.75, 3.05) is 19.7 Å². The summed E-state index contributed by atoms with van der Waals surface area (Å²) in [5, 5.41) is 12.6. The summed E-state index contributed by atoms with van der Waals surface area (Å²) in [4.78, 5) is 24.7. The maximum absolute atomic E-state index is 11.8. The molecule has 1 saturated heterocycles. The number of rotatable bonds is 4. The van der Waals surface area contributed by atoms with E-state index in [0.29, 0.717) is 0 Å². The summed E-state index contributed by atoms with van der Waals surface area (Å²) in [7, 11) is 0. The molecule has 0 aromatic carbocycles. The number of carbonyl (C=O) groups excluding carboxylic acids is 2. The lowest BCUT2D eigenvalue weighted by Crippen LogP contribution is -2.38. The number of amides is 2. The third kappa shape index (κ3) is 3.01. The molecule has 18 heavy (non-hydrogen) atoms. The Labute approximate surface area is 106 Å². The predicted molar refractivity (Wildman–Crippen MR) is 63.8 cm³/mol. The molecule has 0 aromatic rings. The molecule has 2 N–H and O–H groups in total. The van der Waals surface area contributed by atoms with Gasteiger partial charge in [0.15, 0.2) is 0 Å². The van der Waals surface area contributed by atoms with Gasteiger partial charge in [0.2, 0.25) is 5.91 Å². The van der Waals surface area contributed by atoms with Gasteiger partial charge in [0.25, 0.3) is 0 Å². The number of aliphatic hydroxyl groups is 1. The van der Waals surface area contributed by atoms with Crippen molar-refractivity contribution < 1.29 is 19.4 Å². The van der Waals surface area contributed by atoms with Gasteiger partial charge in [0, 0.05) is 12.6 Å². The second kappa shape index (κ2) is 5.39. The van der Waals surface area contributed by atoms with E-state index in [-0.39, 0.29) is 31.6 Å². The van der Waals surface area contributed by atoms with Gasteiger partial charge >= 0.3 is 6.09 Å². The molecule has 100 valence electrons. The highest BCUT2D eigenvalue weighted by atomic mass is 16.6. The van der Waals surface area contributed by atoms with E-state index in [9.17, 15) is 14.7 Å². The number of β-amino-alcohol motifs (C(OH)–C–C–N with tert-alkyl or cyclic N) is 1. The average Bonchev–Trinajstić information content (AvgIpc) is 3.06. The Kier molecular flexibility index (Phi) is 3.86. The van der Waals surface area contributed by atoms with Gasteiger partial charge in [-0.25, -0.2) is 4.79 Å². The van der Waals surface area contributed by atoms with Gasteiger partial charge in [-0.1, -0.05) is 12.7 Å². The van der Waals surface area contributed by atoms with Crippen LogP contribution in [-0.4, -0.2) is 53.8 Å². The lowest BCUT2D eigenvalue weighted by atomic mass is 10.1. The first-order chi connectivity index (χ1) is 8.61. The SMILES string of the molecule is C=CCOC(=O)N1C[C@@H](O)[C@H](C(=O)NC2CC2)C1. The van der Waals surface area contributed by atoms with E-state index in [1.54, 1.807) is 0 Å². The van der Waals surface area contributed by atoms with Crippen LogP contribution >= 0.6 is 0 Å². The summed E-state index contributed by atoms with van der Waals surface area (Å²) in [6, 6.07) is 0.256. The van der Waals surface area contributed by atoms with Crippen molar-refractivity contribution in [1.82, 2.24) is 10.2 Å². The minimum atomic E-state index is -0.819. The number of hydrogen-bond donors (Lipinski definition) is 2. The molecule has 2 fully saturated rings. The van der Waals surface area contributed by atoms with Crippen LogP contribution in [0.15, 0.2) is 12.7 Å². The fraction of sp³-hybridized carbons (Fsp3) is 0.667. The Hall–Kier alpha value is -1.56. The lowest BCUT2D eigenvalue weighted by Gasteiger charge is -2.15. The topological polar surface area (TPSA) is 78.9 Å². The van der Waals surface area contributed by atoms with Crippen LogP contribution in [0.2, 0.25) is 0 Å². The lowest BCUT2D eigenvalue weighted by molar-refractivity contribution is -0.127. The third-order valence-electron chi connectivity index (χ3n) is 3.13. The number of nitrogens with one attached hydrogen (secondary N) is 1. The van der Waals surface area contributed by atoms with Gasteiger partial charge in [-0.15, -0.1) is 0 Å². The summed E-state index contributed by atoms with van der Waals surface area (Å²) in [6.07, 6.45) is 2.14. The predicted octanol–water partition coefficient (Wildman–Crippen LogP) is -0.120. The molecule has 0 aromatic heterocycles. The van der Waals surface area contributed by atoms with Gasteiger partial charge in [0.1, 0.15) is 6.61 Å². The minimum Gasteiger partial charge on any atom is -0.445 e. The quantitative estimate of drug-likeness (QED) is 0.686. The molecule has 2 atom stereocenters. The molecule has 0 bridgehead atoms. The molecule has 1 aliphatic carbocycles. The van der Waals surface area contributed by atoms with Crippen LogP contribution in [0.25, 0.3) is 0 Å². The van der Waals surface area contributed by atoms with E-state index < -0.39 is 18.1 Å². The fourth-order valence-corrected chi connectivity index (χ4v) is 1.95. The van der Waals surface area contributed by atoms with Crippen LogP contribution in [-0.2, 0) is 9.53 Å². The summed E-state index contributed by atoms with van der Waals surface area (Å²) < 4.78 is 4.87. The molecule has 1 aliphatic heterocycles. The third-order valence-corrected chi connectivity index (χ3v) is 3.13. The van der Waals surface area contributed by atoms with Crippen molar-refractivity contribution >= 4 is 12.0 Å². The molecule has 6 nitrogen and oxygen atoms in total. The molecule has 2 rings (SSSR count). The molecular formula is C12H18N2O4. The van der Waals surface area contributed by atoms with Crippen LogP contribution in [0, 0.1) is 5.92 Å². The van der Waals surface area contributed by atoms with Gasteiger partial charge < -0.3 is 20.1 Å². The summed E-state index contributed by atoms with van der Waals surface area (Å²) in [5.41, 5.74) is 0. The normalized spacial score (nSPS) is 26.8. The molecule has 1 heterocycles. The molecular weight excluding hydrogens is 236 g/mol. The highest BCUT2D eigenvalue weighted by Crippen LogP contribution is 2.22. The van der Waals surface area contributed by atoms with Gasteiger partial charge in [-0.05, 0) is 12.8 Å². The monoisotopic (exact) mass is 254 g/mol. The highest BCUT2D eigenvalue weighted by molar-refractivity contribution is 5.81. The number of hydrogen-bond acceptors (Lipinski definition) is 4. The largest absolute Gasteiger partial charge is 0.445 e. The van der Waals surface area contributed by atoms with Crippen LogP contribution < -0.4 is 5.32 Å². The average molecular weight is 254 g/mol. The molecule has 0 spiro atoms. The van der Waals surface area contributed by atoms with E-state index >= 15 is 0 Å². The maximum atomic E-state index is 11.8. The van der Waals surface area contributed by atoms with E-state index in [0.717, 1.165) is 12.8 Å². The van der Waals surface area contributed by atoms with Crippen LogP contribution in [0.5, 0.6) is 0 Å². The number of likely N-dealkylation sites (tertiary alicyclic amines) is 1. The molecule has 1 saturated carbocycles. The maximum Gasteiger partial charge on any atom is 0.410 e. The first-order valence-corrected chi connectivity index (χ1v) is 6.13. The molecule has 0 unspecified atom stereocenters. The standard InChI is InChI=1S/C12H18N2O4/c1-2-5-18-12(17)14-6-9(10(15)7-14)11(16)13-8-3-4-8/h2,8-10,15H,1,3-7H2,(H,13,16)/t9-,10-/m1/s1. The van der Waals surface area contributed by atoms with Gasteiger partial charge in [0.05, 0.1) is 18.6 Å². The summed E-state index contributed by atoms with van der Waals surface area (Å²) in [5.74, 6) is -0.731. The van der Waals surface area contributed by atoms with Gasteiger partial charge in [-0.3, -0.25) is 4.79 Å². The molecule has 0 radical (unpaired) electrons. The van der Waals surface area contributed by atoms with E-state index in [1.165, 1.54) is 11.0 Å². The summed E-state index contributed by atoms with van der Waals surface area (Å²) in [6.45, 7) is 3.92. The zero-order valence-corrected chi connectivity index (χ0v) is 10.2. The Morgan fingerprint density at radius 1 is 1.44 bits per heavy atom. The van der Waals surface area contributed by atoms with Crippen molar-refractivity contribution in [2.45, 2.75) is 25.0 Å². The zero-order chi connectivity index (χ0) is 13.1. The Bertz CT molecular complexity index is 354. The van der Waals surface area contributed by atoms with Crippen molar-refractivity contribution in [3.05, 3.63) is 12.7 Å². The second-order valence-electron chi connectivity index (χ2n) is 4.73. The first-order valence-electron chi connectivity index (χ1n) is 6.13. The van der Waals surface area contributed by atoms with E-state index in [4.69, 9.17) is 4.74 Å². The van der Waals surface area contributed by atoms with E-state index in [1.807, 2.05) is 0 Å². The molecule has 2 amide bonds. The smallest absolute Gasteiger partial charge is 0.410 e. The van der Waals surface area contributed by atoms with Crippen LogP contribution in [0.3, 0.4) is 0 Å². The number of nitrogens with zero attached hydrogens (tertiary/aromatic N) is 1. The Balaban J connectivity index is 1.84. The highest BCUT2D eigenvalue weighted by Gasteiger charge is 2.40. The molecule has 2 aliphatic rings. The van der Waals surface area contributed by atoms with Crippen molar-refractivity contribution in [2.24, 2.45) is 5.92 Å². The van der Waals surface area contributed by atoms with Crippen molar-refractivity contribution in [3.63, 3.8) is 0 Å². The Morgan fingerprint density at radius 2 is 2.17 bits per heavy atom. The minimum absolute atomic E-state index is 0.129. The van der Waals surface area contributed by atoms with E-state index in [2.05, 4.69) is 11.9 Å². The van der Waals surface area contributed by atoms with Crippen LogP contribution in [0.1, 0.15) is 12.8 Å². The number of ether oxygens (including phenoxy) is 1. The molecule has 6 heteroatoms. The number of aliphatic hydroxyl groups excluding tert-OH is 1. The Morgan fingerprint density at radius 3 is 2.78 bits per heavy atom.